The van der Waals surface area contributed by atoms with Crippen LogP contribution in [0.5, 0.6) is 5.75 Å². The number of carbonyl (C=O) groups is 2. The average molecular weight is 395 g/mol. The Morgan fingerprint density at radius 2 is 1.79 bits per heavy atom. The van der Waals surface area contributed by atoms with Gasteiger partial charge in [0.15, 0.2) is 6.61 Å². The number of hydrogen-bond donors (Lipinski definition) is 2. The minimum absolute atomic E-state index is 0.160. The molecule has 2 N–H and O–H groups in total. The number of benzene rings is 2. The van der Waals surface area contributed by atoms with Crippen LogP contribution in [-0.4, -0.2) is 30.6 Å². The van der Waals surface area contributed by atoms with Gasteiger partial charge in [-0.15, -0.1) is 0 Å². The van der Waals surface area contributed by atoms with Crippen molar-refractivity contribution in [3.8, 4) is 5.75 Å². The topological polar surface area (TPSA) is 89.6 Å². The summed E-state index contributed by atoms with van der Waals surface area (Å²) in [6, 6.07) is 15.5. The van der Waals surface area contributed by atoms with Gasteiger partial charge in [0.2, 0.25) is 0 Å². The number of pyridine rings is 1. The van der Waals surface area contributed by atoms with Crippen molar-refractivity contribution in [2.24, 2.45) is 0 Å². The van der Waals surface area contributed by atoms with Crippen molar-refractivity contribution in [2.75, 3.05) is 24.4 Å². The maximum absolute atomic E-state index is 12.9. The lowest BCUT2D eigenvalue weighted by Gasteiger charge is -2.13. The highest BCUT2D eigenvalue weighted by atomic mass is 19.1. The Bertz CT molecular complexity index is 1010. The minimum Gasteiger partial charge on any atom is -0.495 e. The van der Waals surface area contributed by atoms with Crippen molar-refractivity contribution in [2.45, 2.75) is 0 Å². The molecule has 0 aliphatic carbocycles. The summed E-state index contributed by atoms with van der Waals surface area (Å²) in [4.78, 5) is 28.6. The number of halogens is 1. The first-order chi connectivity index (χ1) is 14.1. The van der Waals surface area contributed by atoms with Gasteiger partial charge >= 0.3 is 5.97 Å². The molecule has 1 heterocycles. The summed E-state index contributed by atoms with van der Waals surface area (Å²) < 4.78 is 23.3. The molecule has 148 valence electrons. The second kappa shape index (κ2) is 9.32. The number of aromatic nitrogens is 1. The van der Waals surface area contributed by atoms with Crippen molar-refractivity contribution in [1.29, 1.82) is 0 Å². The fraction of sp³-hybridized carbons (Fsp3) is 0.0952. The largest absolute Gasteiger partial charge is 0.495 e. The van der Waals surface area contributed by atoms with E-state index in [-0.39, 0.29) is 11.4 Å². The van der Waals surface area contributed by atoms with Gasteiger partial charge in [-0.05, 0) is 48.5 Å². The summed E-state index contributed by atoms with van der Waals surface area (Å²) in [5, 5.41) is 5.55. The van der Waals surface area contributed by atoms with Crippen molar-refractivity contribution in [3.63, 3.8) is 0 Å². The van der Waals surface area contributed by atoms with Crippen LogP contribution in [-0.2, 0) is 9.53 Å². The summed E-state index contributed by atoms with van der Waals surface area (Å²) in [5.74, 6) is -0.837. The van der Waals surface area contributed by atoms with E-state index in [1.807, 2.05) is 12.1 Å². The Morgan fingerprint density at radius 3 is 2.55 bits per heavy atom. The van der Waals surface area contributed by atoms with Crippen LogP contribution in [0.15, 0.2) is 66.9 Å². The first-order valence-electron chi connectivity index (χ1n) is 8.64. The van der Waals surface area contributed by atoms with E-state index in [0.29, 0.717) is 17.1 Å². The summed E-state index contributed by atoms with van der Waals surface area (Å²) in [5.41, 5.74) is 1.18. The average Bonchev–Trinajstić information content (AvgIpc) is 2.74. The highest BCUT2D eigenvalue weighted by Crippen LogP contribution is 2.27. The normalized spacial score (nSPS) is 10.1. The van der Waals surface area contributed by atoms with E-state index in [4.69, 9.17) is 9.47 Å². The van der Waals surface area contributed by atoms with Gasteiger partial charge in [-0.1, -0.05) is 12.1 Å². The van der Waals surface area contributed by atoms with Crippen LogP contribution < -0.4 is 15.4 Å². The van der Waals surface area contributed by atoms with Crippen molar-refractivity contribution < 1.29 is 23.5 Å². The third-order valence-corrected chi connectivity index (χ3v) is 3.85. The van der Waals surface area contributed by atoms with Gasteiger partial charge in [0, 0.05) is 11.9 Å². The highest BCUT2D eigenvalue weighted by molar-refractivity contribution is 5.98. The van der Waals surface area contributed by atoms with Gasteiger partial charge in [0.05, 0.1) is 12.8 Å². The van der Waals surface area contributed by atoms with E-state index in [2.05, 4.69) is 15.6 Å². The van der Waals surface area contributed by atoms with Gasteiger partial charge < -0.3 is 20.1 Å². The maximum atomic E-state index is 12.9. The molecule has 0 saturated heterocycles. The standard InChI is InChI=1S/C21H18FN3O4/c1-28-18-7-3-2-6-17(18)25-20-16(5-4-12-23-20)21(27)29-13-19(26)24-15-10-8-14(22)9-11-15/h2-12H,13H2,1H3,(H,23,25)(H,24,26). The number of nitrogens with zero attached hydrogens (tertiary/aromatic N) is 1. The Hall–Kier alpha value is -3.94. The summed E-state index contributed by atoms with van der Waals surface area (Å²) in [7, 11) is 1.54. The van der Waals surface area contributed by atoms with Gasteiger partial charge in [-0.25, -0.2) is 14.2 Å². The van der Waals surface area contributed by atoms with Gasteiger partial charge in [-0.2, -0.15) is 0 Å². The molecule has 3 rings (SSSR count). The molecular formula is C21H18FN3O4. The molecule has 2 aromatic carbocycles. The number of methoxy groups -OCH3 is 1. The first-order valence-corrected chi connectivity index (χ1v) is 8.64. The monoisotopic (exact) mass is 395 g/mol. The quantitative estimate of drug-likeness (QED) is 0.592. The van der Waals surface area contributed by atoms with E-state index in [0.717, 1.165) is 0 Å². The lowest BCUT2D eigenvalue weighted by Crippen LogP contribution is -2.21. The molecule has 0 radical (unpaired) electrons. The molecule has 7 nitrogen and oxygen atoms in total. The molecule has 0 bridgehead atoms. The first kappa shape index (κ1) is 19.8. The van der Waals surface area contributed by atoms with Crippen molar-refractivity contribution in [3.05, 3.63) is 78.2 Å². The molecule has 3 aromatic rings. The Labute approximate surface area is 166 Å². The summed E-state index contributed by atoms with van der Waals surface area (Å²) >= 11 is 0. The molecule has 0 spiro atoms. The summed E-state index contributed by atoms with van der Waals surface area (Å²) in [6.07, 6.45) is 1.52. The molecule has 1 amide bonds. The molecule has 1 aromatic heterocycles. The number of nitrogens with one attached hydrogen (secondary N) is 2. The zero-order chi connectivity index (χ0) is 20.6. The highest BCUT2D eigenvalue weighted by Gasteiger charge is 2.16. The number of amides is 1. The maximum Gasteiger partial charge on any atom is 0.342 e. The molecule has 0 atom stereocenters. The Balaban J connectivity index is 1.65. The summed E-state index contributed by atoms with van der Waals surface area (Å²) in [6.45, 7) is -0.501. The molecule has 0 aliphatic rings. The number of ether oxygens (including phenoxy) is 2. The van der Waals surface area contributed by atoms with Crippen molar-refractivity contribution in [1.82, 2.24) is 4.98 Å². The zero-order valence-corrected chi connectivity index (χ0v) is 15.5. The minimum atomic E-state index is -0.718. The third-order valence-electron chi connectivity index (χ3n) is 3.85. The molecule has 0 fully saturated rings. The predicted octanol–water partition coefficient (Wildman–Crippen LogP) is 3.77. The molecular weight excluding hydrogens is 377 g/mol. The smallest absolute Gasteiger partial charge is 0.342 e. The van der Waals surface area contributed by atoms with E-state index >= 15 is 0 Å². The Kier molecular flexibility index (Phi) is 6.36. The molecule has 8 heteroatoms. The number of esters is 1. The van der Waals surface area contributed by atoms with E-state index in [1.165, 1.54) is 43.6 Å². The lowest BCUT2D eigenvalue weighted by molar-refractivity contribution is -0.119. The van der Waals surface area contributed by atoms with Gasteiger partial charge in [-0.3, -0.25) is 4.79 Å². The lowest BCUT2D eigenvalue weighted by atomic mass is 10.2. The van der Waals surface area contributed by atoms with E-state index < -0.39 is 24.3 Å². The van der Waals surface area contributed by atoms with Crippen LogP contribution in [0.4, 0.5) is 21.6 Å². The van der Waals surface area contributed by atoms with Crippen LogP contribution >= 0.6 is 0 Å². The van der Waals surface area contributed by atoms with E-state index in [9.17, 15) is 14.0 Å². The zero-order valence-electron chi connectivity index (χ0n) is 15.5. The number of carbonyl (C=O) groups excluding carboxylic acids is 2. The second-order valence-corrected chi connectivity index (χ2v) is 5.86. The molecule has 0 aliphatic heterocycles. The third kappa shape index (κ3) is 5.29. The number of hydrogen-bond acceptors (Lipinski definition) is 6. The fourth-order valence-corrected chi connectivity index (χ4v) is 2.48. The second-order valence-electron chi connectivity index (χ2n) is 5.86. The number of anilines is 3. The molecule has 29 heavy (non-hydrogen) atoms. The fourth-order valence-electron chi connectivity index (χ4n) is 2.48. The van der Waals surface area contributed by atoms with Gasteiger partial charge in [0.25, 0.3) is 5.91 Å². The van der Waals surface area contributed by atoms with Gasteiger partial charge in [0.1, 0.15) is 22.9 Å². The SMILES string of the molecule is COc1ccccc1Nc1ncccc1C(=O)OCC(=O)Nc1ccc(F)cc1. The van der Waals surface area contributed by atoms with E-state index in [1.54, 1.807) is 18.2 Å². The number of rotatable bonds is 7. The van der Waals surface area contributed by atoms with Crippen LogP contribution in [0.1, 0.15) is 10.4 Å². The van der Waals surface area contributed by atoms with Crippen LogP contribution in [0.3, 0.4) is 0 Å². The Morgan fingerprint density at radius 1 is 1.03 bits per heavy atom. The van der Waals surface area contributed by atoms with Crippen LogP contribution in [0.2, 0.25) is 0 Å². The molecule has 0 unspecified atom stereocenters. The predicted molar refractivity (Wildman–Crippen MR) is 106 cm³/mol. The van der Waals surface area contributed by atoms with Crippen LogP contribution in [0.25, 0.3) is 0 Å². The molecule has 0 saturated carbocycles. The number of para-hydroxylation sites is 2. The van der Waals surface area contributed by atoms with Crippen molar-refractivity contribution >= 4 is 29.1 Å². The van der Waals surface area contributed by atoms with Crippen LogP contribution in [0, 0.1) is 5.82 Å².